The molecule has 0 bridgehead atoms. The summed E-state index contributed by atoms with van der Waals surface area (Å²) >= 11 is 0. The predicted octanol–water partition coefficient (Wildman–Crippen LogP) is 4.18. The van der Waals surface area contributed by atoms with Crippen molar-refractivity contribution in [2.24, 2.45) is 5.41 Å². The molecule has 2 saturated heterocycles. The first-order chi connectivity index (χ1) is 17.1. The van der Waals surface area contributed by atoms with Gasteiger partial charge in [0.25, 0.3) is 0 Å². The van der Waals surface area contributed by atoms with Gasteiger partial charge in [0.2, 0.25) is 0 Å². The van der Waals surface area contributed by atoms with Crippen LogP contribution in [0, 0.1) is 11.2 Å². The lowest BCUT2D eigenvalue weighted by atomic mass is 9.78. The molecule has 2 unspecified atom stereocenters. The summed E-state index contributed by atoms with van der Waals surface area (Å²) in [5, 5.41) is 3.43. The minimum atomic E-state index is -0.640. The van der Waals surface area contributed by atoms with Crippen LogP contribution in [0.4, 0.5) is 9.18 Å². The molecule has 194 valence electrons. The number of benzene rings is 1. The third kappa shape index (κ3) is 5.59. The number of carbonyl (C=O) groups excluding carboxylic acids is 2. The normalized spacial score (nSPS) is 21.6. The van der Waals surface area contributed by atoms with E-state index in [1.54, 1.807) is 11.1 Å². The molecule has 0 saturated carbocycles. The van der Waals surface area contributed by atoms with Crippen molar-refractivity contribution in [3.63, 3.8) is 0 Å². The van der Waals surface area contributed by atoms with E-state index in [0.29, 0.717) is 29.3 Å². The molecule has 3 heterocycles. The van der Waals surface area contributed by atoms with Gasteiger partial charge in [0.05, 0.1) is 19.3 Å². The molecule has 1 aromatic heterocycles. The largest absolute Gasteiger partial charge is 0.469 e. The fraction of sp³-hybridized carbons (Fsp3) is 0.538. The highest BCUT2D eigenvalue weighted by molar-refractivity contribution is 5.70. The van der Waals surface area contributed by atoms with Crippen LogP contribution in [0.1, 0.15) is 57.3 Å². The van der Waals surface area contributed by atoms with Gasteiger partial charge in [-0.05, 0) is 70.3 Å². The molecule has 1 spiro atoms. The Bertz CT molecular complexity index is 1110. The van der Waals surface area contributed by atoms with Crippen LogP contribution < -0.4 is 10.1 Å². The molecule has 1 amide bonds. The molecule has 2 aliphatic heterocycles. The van der Waals surface area contributed by atoms with Crippen molar-refractivity contribution in [1.82, 2.24) is 20.2 Å². The molecule has 1 aromatic carbocycles. The van der Waals surface area contributed by atoms with Crippen LogP contribution in [-0.4, -0.2) is 59.3 Å². The fourth-order valence-electron chi connectivity index (χ4n) is 5.01. The van der Waals surface area contributed by atoms with Crippen LogP contribution in [0.3, 0.4) is 0 Å². The van der Waals surface area contributed by atoms with Gasteiger partial charge in [0.15, 0.2) is 5.75 Å². The minimum absolute atomic E-state index is 0.0816. The maximum absolute atomic E-state index is 14.0. The van der Waals surface area contributed by atoms with Gasteiger partial charge in [0.1, 0.15) is 29.2 Å². The monoisotopic (exact) mass is 500 g/mol. The van der Waals surface area contributed by atoms with E-state index in [1.807, 2.05) is 20.8 Å². The topological polar surface area (TPSA) is 103 Å². The Balaban J connectivity index is 1.70. The number of nitrogens with zero attached hydrogens (tertiary/aromatic N) is 3. The lowest BCUT2D eigenvalue weighted by molar-refractivity contribution is -0.140. The van der Waals surface area contributed by atoms with E-state index >= 15 is 0 Å². The Morgan fingerprint density at radius 3 is 2.75 bits per heavy atom. The summed E-state index contributed by atoms with van der Waals surface area (Å²) in [6.07, 6.45) is 4.59. The van der Waals surface area contributed by atoms with Crippen LogP contribution in [-0.2, 0) is 20.7 Å². The molecule has 0 radical (unpaired) electrons. The summed E-state index contributed by atoms with van der Waals surface area (Å²) in [6, 6.07) is 3.77. The number of hydrogen-bond donors (Lipinski definition) is 1. The Hall–Kier alpha value is -3.27. The van der Waals surface area contributed by atoms with Gasteiger partial charge < -0.3 is 19.5 Å². The third-order valence-corrected chi connectivity index (χ3v) is 6.68. The van der Waals surface area contributed by atoms with Crippen molar-refractivity contribution in [3.05, 3.63) is 47.8 Å². The highest BCUT2D eigenvalue weighted by atomic mass is 19.1. The number of methoxy groups -OCH3 is 1. The van der Waals surface area contributed by atoms with E-state index in [1.165, 1.54) is 31.6 Å². The van der Waals surface area contributed by atoms with Crippen molar-refractivity contribution in [2.75, 3.05) is 26.7 Å². The molecule has 0 aliphatic carbocycles. The van der Waals surface area contributed by atoms with E-state index in [9.17, 15) is 14.0 Å². The van der Waals surface area contributed by atoms with Crippen LogP contribution in [0.15, 0.2) is 30.7 Å². The number of aromatic nitrogens is 2. The number of halogens is 1. The van der Waals surface area contributed by atoms with Gasteiger partial charge in [-0.1, -0.05) is 0 Å². The highest BCUT2D eigenvalue weighted by Gasteiger charge is 2.53. The Kier molecular flexibility index (Phi) is 7.44. The molecular formula is C26H33FN4O5. The zero-order valence-corrected chi connectivity index (χ0v) is 21.2. The van der Waals surface area contributed by atoms with Crippen LogP contribution in [0.5, 0.6) is 11.5 Å². The van der Waals surface area contributed by atoms with Crippen molar-refractivity contribution >= 4 is 12.1 Å². The molecule has 1 N–H and O–H groups in total. The van der Waals surface area contributed by atoms with Crippen LogP contribution in [0.2, 0.25) is 0 Å². The molecule has 2 fully saturated rings. The zero-order chi connectivity index (χ0) is 25.9. The molecule has 9 nitrogen and oxygen atoms in total. The fourth-order valence-corrected chi connectivity index (χ4v) is 5.01. The third-order valence-electron chi connectivity index (χ3n) is 6.68. The molecule has 4 rings (SSSR count). The number of carbonyl (C=O) groups is 2. The van der Waals surface area contributed by atoms with Gasteiger partial charge in [-0.25, -0.2) is 19.2 Å². The summed E-state index contributed by atoms with van der Waals surface area (Å²) in [5.74, 6) is -0.0786. The van der Waals surface area contributed by atoms with Gasteiger partial charge in [-0.15, -0.1) is 0 Å². The SMILES string of the molecule is COC(=O)CCc1cc(F)ccc1Oc1cncnc1C1N(C(=O)OC(C)(C)C)CCC12CCNC2. The first kappa shape index (κ1) is 25.8. The first-order valence-electron chi connectivity index (χ1n) is 12.2. The average molecular weight is 501 g/mol. The van der Waals surface area contributed by atoms with Gasteiger partial charge >= 0.3 is 12.1 Å². The number of rotatable bonds is 6. The minimum Gasteiger partial charge on any atom is -0.469 e. The standard InChI is InChI=1S/C26H33FN4O5/c1-25(2,3)36-24(33)31-12-10-26(9-11-28-15-26)23(31)22-20(14-29-16-30-22)35-19-7-6-18(27)13-17(19)5-8-21(32)34-4/h6-7,13-14,16,23,28H,5,8-12,15H2,1-4H3. The first-order valence-corrected chi connectivity index (χ1v) is 12.2. The van der Waals surface area contributed by atoms with Gasteiger partial charge in [-0.3, -0.25) is 9.69 Å². The summed E-state index contributed by atoms with van der Waals surface area (Å²) < 4.78 is 30.7. The number of ether oxygens (including phenoxy) is 3. The van der Waals surface area contributed by atoms with Crippen molar-refractivity contribution < 1.29 is 28.2 Å². The average Bonchev–Trinajstić information content (AvgIpc) is 3.45. The maximum Gasteiger partial charge on any atom is 0.410 e. The number of likely N-dealkylation sites (tertiary alicyclic amines) is 1. The van der Waals surface area contributed by atoms with Crippen LogP contribution in [0.25, 0.3) is 0 Å². The number of amides is 1. The Labute approximate surface area is 210 Å². The Morgan fingerprint density at radius 2 is 2.06 bits per heavy atom. The quantitative estimate of drug-likeness (QED) is 0.590. The smallest absolute Gasteiger partial charge is 0.410 e. The number of aryl methyl sites for hydroxylation is 1. The molecule has 2 aromatic rings. The second-order valence-electron chi connectivity index (χ2n) is 10.3. The Morgan fingerprint density at radius 1 is 1.25 bits per heavy atom. The number of nitrogens with one attached hydrogen (secondary N) is 1. The molecule has 2 atom stereocenters. The van der Waals surface area contributed by atoms with E-state index < -0.39 is 23.5 Å². The molecule has 2 aliphatic rings. The maximum atomic E-state index is 14.0. The van der Waals surface area contributed by atoms with E-state index in [2.05, 4.69) is 15.3 Å². The summed E-state index contributed by atoms with van der Waals surface area (Å²) in [5.41, 5.74) is 0.224. The van der Waals surface area contributed by atoms with Crippen molar-refractivity contribution in [2.45, 2.75) is 58.1 Å². The summed E-state index contributed by atoms with van der Waals surface area (Å²) in [4.78, 5) is 35.4. The van der Waals surface area contributed by atoms with Crippen LogP contribution >= 0.6 is 0 Å². The van der Waals surface area contributed by atoms with E-state index in [4.69, 9.17) is 14.2 Å². The molecule has 36 heavy (non-hydrogen) atoms. The number of hydrogen-bond acceptors (Lipinski definition) is 8. The van der Waals surface area contributed by atoms with Crippen molar-refractivity contribution in [3.8, 4) is 11.5 Å². The molecular weight excluding hydrogens is 467 g/mol. The van der Waals surface area contributed by atoms with E-state index in [0.717, 1.165) is 25.9 Å². The predicted molar refractivity (Wildman–Crippen MR) is 129 cm³/mol. The zero-order valence-electron chi connectivity index (χ0n) is 21.2. The van der Waals surface area contributed by atoms with Gasteiger partial charge in [-0.2, -0.15) is 0 Å². The van der Waals surface area contributed by atoms with E-state index in [-0.39, 0.29) is 24.3 Å². The molecule has 10 heteroatoms. The van der Waals surface area contributed by atoms with Gasteiger partial charge in [0, 0.05) is 24.9 Å². The lowest BCUT2D eigenvalue weighted by Gasteiger charge is -2.35. The summed E-state index contributed by atoms with van der Waals surface area (Å²) in [6.45, 7) is 7.63. The second kappa shape index (κ2) is 10.4. The lowest BCUT2D eigenvalue weighted by Crippen LogP contribution is -2.40. The number of esters is 1. The summed E-state index contributed by atoms with van der Waals surface area (Å²) in [7, 11) is 1.31. The second-order valence-corrected chi connectivity index (χ2v) is 10.3. The van der Waals surface area contributed by atoms with Crippen molar-refractivity contribution in [1.29, 1.82) is 0 Å². The highest BCUT2D eigenvalue weighted by Crippen LogP contribution is 2.52.